The molecular formula is C13H18N2O4. The van der Waals surface area contributed by atoms with E-state index in [1.807, 2.05) is 13.8 Å². The van der Waals surface area contributed by atoms with E-state index in [0.717, 1.165) is 18.9 Å². The van der Waals surface area contributed by atoms with Gasteiger partial charge in [0.15, 0.2) is 0 Å². The van der Waals surface area contributed by atoms with Crippen LogP contribution in [0.15, 0.2) is 12.1 Å². The van der Waals surface area contributed by atoms with Gasteiger partial charge in [-0.15, -0.1) is 0 Å². The molecule has 6 nitrogen and oxygen atoms in total. The zero-order valence-electron chi connectivity index (χ0n) is 11.3. The van der Waals surface area contributed by atoms with E-state index < -0.39 is 10.9 Å². The van der Waals surface area contributed by atoms with Gasteiger partial charge in [-0.2, -0.15) is 0 Å². The maximum Gasteiger partial charge on any atom is 0.336 e. The fourth-order valence-corrected chi connectivity index (χ4v) is 1.93. The Morgan fingerprint density at radius 2 is 2.16 bits per heavy atom. The SMILES string of the molecule is CCCC(C)Nc1cc(C(=O)O)cc([N+](=O)[O-])c1C. The average Bonchev–Trinajstić information content (AvgIpc) is 2.31. The molecule has 1 unspecified atom stereocenters. The van der Waals surface area contributed by atoms with E-state index in [2.05, 4.69) is 5.32 Å². The van der Waals surface area contributed by atoms with Crippen LogP contribution >= 0.6 is 0 Å². The van der Waals surface area contributed by atoms with Crippen LogP contribution in [0, 0.1) is 17.0 Å². The molecule has 0 saturated heterocycles. The van der Waals surface area contributed by atoms with Gasteiger partial charge in [0.25, 0.3) is 5.69 Å². The van der Waals surface area contributed by atoms with E-state index in [-0.39, 0.29) is 17.3 Å². The Labute approximate surface area is 111 Å². The number of aromatic carboxylic acids is 1. The molecule has 0 spiro atoms. The molecular weight excluding hydrogens is 248 g/mol. The van der Waals surface area contributed by atoms with Crippen LogP contribution in [0.2, 0.25) is 0 Å². The number of carboxylic acid groups (broad SMARTS) is 1. The van der Waals surface area contributed by atoms with Crippen LogP contribution in [0.5, 0.6) is 0 Å². The zero-order valence-corrected chi connectivity index (χ0v) is 11.3. The van der Waals surface area contributed by atoms with Crippen molar-refractivity contribution in [1.82, 2.24) is 0 Å². The fraction of sp³-hybridized carbons (Fsp3) is 0.462. The molecule has 0 aliphatic rings. The fourth-order valence-electron chi connectivity index (χ4n) is 1.93. The van der Waals surface area contributed by atoms with E-state index in [0.29, 0.717) is 11.3 Å². The number of carbonyl (C=O) groups is 1. The molecule has 1 rings (SSSR count). The first-order valence-electron chi connectivity index (χ1n) is 6.15. The Morgan fingerprint density at radius 3 is 2.63 bits per heavy atom. The summed E-state index contributed by atoms with van der Waals surface area (Å²) in [5.41, 5.74) is 0.708. The van der Waals surface area contributed by atoms with Crippen molar-refractivity contribution < 1.29 is 14.8 Å². The Balaban J connectivity index is 3.21. The summed E-state index contributed by atoms with van der Waals surface area (Å²) in [5.74, 6) is -1.17. The quantitative estimate of drug-likeness (QED) is 0.609. The molecule has 1 aromatic carbocycles. The average molecular weight is 266 g/mol. The lowest BCUT2D eigenvalue weighted by Crippen LogP contribution is -2.16. The summed E-state index contributed by atoms with van der Waals surface area (Å²) in [7, 11) is 0. The lowest BCUT2D eigenvalue weighted by Gasteiger charge is -2.16. The van der Waals surface area contributed by atoms with Gasteiger partial charge >= 0.3 is 5.97 Å². The molecule has 104 valence electrons. The Kier molecular flexibility index (Phi) is 4.86. The number of nitro groups is 1. The molecule has 0 fully saturated rings. The van der Waals surface area contributed by atoms with Gasteiger partial charge in [-0.05, 0) is 26.3 Å². The topological polar surface area (TPSA) is 92.5 Å². The van der Waals surface area contributed by atoms with Crippen LogP contribution < -0.4 is 5.32 Å². The lowest BCUT2D eigenvalue weighted by atomic mass is 10.1. The first-order chi connectivity index (χ1) is 8.86. The van der Waals surface area contributed by atoms with Crippen LogP contribution in [0.1, 0.15) is 42.6 Å². The summed E-state index contributed by atoms with van der Waals surface area (Å²) < 4.78 is 0. The molecule has 0 aromatic heterocycles. The number of hydrogen-bond acceptors (Lipinski definition) is 4. The number of nitrogens with zero attached hydrogens (tertiary/aromatic N) is 1. The third-order valence-corrected chi connectivity index (χ3v) is 2.95. The second-order valence-electron chi connectivity index (χ2n) is 4.56. The minimum Gasteiger partial charge on any atom is -0.478 e. The highest BCUT2D eigenvalue weighted by molar-refractivity contribution is 5.90. The lowest BCUT2D eigenvalue weighted by molar-refractivity contribution is -0.385. The monoisotopic (exact) mass is 266 g/mol. The number of nitro benzene ring substituents is 1. The molecule has 0 heterocycles. The van der Waals surface area contributed by atoms with Crippen LogP contribution in [0.25, 0.3) is 0 Å². The van der Waals surface area contributed by atoms with Gasteiger partial charge in [-0.3, -0.25) is 10.1 Å². The van der Waals surface area contributed by atoms with Crippen LogP contribution in [0.3, 0.4) is 0 Å². The molecule has 6 heteroatoms. The molecule has 2 N–H and O–H groups in total. The Bertz CT molecular complexity index is 500. The van der Waals surface area contributed by atoms with Crippen LogP contribution in [-0.4, -0.2) is 22.0 Å². The smallest absolute Gasteiger partial charge is 0.336 e. The predicted molar refractivity (Wildman–Crippen MR) is 72.8 cm³/mol. The predicted octanol–water partition coefficient (Wildman–Crippen LogP) is 3.20. The minimum atomic E-state index is -1.17. The zero-order chi connectivity index (χ0) is 14.6. The van der Waals surface area contributed by atoms with E-state index in [1.54, 1.807) is 6.92 Å². The summed E-state index contributed by atoms with van der Waals surface area (Å²) in [6.45, 7) is 5.62. The number of rotatable bonds is 6. The van der Waals surface area contributed by atoms with Crippen molar-refractivity contribution >= 4 is 17.3 Å². The highest BCUT2D eigenvalue weighted by Gasteiger charge is 2.19. The second kappa shape index (κ2) is 6.17. The van der Waals surface area contributed by atoms with Gasteiger partial charge < -0.3 is 10.4 Å². The van der Waals surface area contributed by atoms with Gasteiger partial charge in [0.2, 0.25) is 0 Å². The molecule has 0 amide bonds. The largest absolute Gasteiger partial charge is 0.478 e. The second-order valence-corrected chi connectivity index (χ2v) is 4.56. The molecule has 1 aromatic rings. The van der Waals surface area contributed by atoms with E-state index in [4.69, 9.17) is 5.11 Å². The normalized spacial score (nSPS) is 11.9. The first kappa shape index (κ1) is 14.9. The number of hydrogen-bond donors (Lipinski definition) is 2. The molecule has 1 atom stereocenters. The van der Waals surface area contributed by atoms with Gasteiger partial charge in [0.05, 0.1) is 10.5 Å². The molecule has 19 heavy (non-hydrogen) atoms. The highest BCUT2D eigenvalue weighted by atomic mass is 16.6. The summed E-state index contributed by atoms with van der Waals surface area (Å²) in [6.07, 6.45) is 1.89. The highest BCUT2D eigenvalue weighted by Crippen LogP contribution is 2.28. The number of carboxylic acids is 1. The number of nitrogens with one attached hydrogen (secondary N) is 1. The van der Waals surface area contributed by atoms with E-state index in [1.165, 1.54) is 6.07 Å². The summed E-state index contributed by atoms with van der Waals surface area (Å²) >= 11 is 0. The summed E-state index contributed by atoms with van der Waals surface area (Å²) in [4.78, 5) is 21.4. The minimum absolute atomic E-state index is 0.0801. The first-order valence-corrected chi connectivity index (χ1v) is 6.15. The Morgan fingerprint density at radius 1 is 1.53 bits per heavy atom. The van der Waals surface area contributed by atoms with Crippen molar-refractivity contribution in [2.24, 2.45) is 0 Å². The summed E-state index contributed by atoms with van der Waals surface area (Å²) in [5, 5.41) is 23.1. The standard InChI is InChI=1S/C13H18N2O4/c1-4-5-8(2)14-11-6-10(13(16)17)7-12(9(11)3)15(18)19/h6-8,14H,4-5H2,1-3H3,(H,16,17). The molecule has 0 radical (unpaired) electrons. The van der Waals surface area contributed by atoms with Crippen molar-refractivity contribution in [2.45, 2.75) is 39.7 Å². The van der Waals surface area contributed by atoms with E-state index >= 15 is 0 Å². The van der Waals surface area contributed by atoms with Crippen molar-refractivity contribution in [3.63, 3.8) is 0 Å². The number of benzene rings is 1. The molecule has 0 saturated carbocycles. The van der Waals surface area contributed by atoms with Crippen LogP contribution in [-0.2, 0) is 0 Å². The molecule has 0 aliphatic heterocycles. The molecule has 0 aliphatic carbocycles. The van der Waals surface area contributed by atoms with E-state index in [9.17, 15) is 14.9 Å². The van der Waals surface area contributed by atoms with Crippen molar-refractivity contribution in [2.75, 3.05) is 5.32 Å². The van der Waals surface area contributed by atoms with Crippen molar-refractivity contribution in [3.8, 4) is 0 Å². The number of anilines is 1. The third-order valence-electron chi connectivity index (χ3n) is 2.95. The van der Waals surface area contributed by atoms with Crippen LogP contribution in [0.4, 0.5) is 11.4 Å². The molecule has 0 bridgehead atoms. The van der Waals surface area contributed by atoms with Gasteiger partial charge in [0.1, 0.15) is 0 Å². The maximum atomic E-state index is 11.0. The summed E-state index contributed by atoms with van der Waals surface area (Å²) in [6, 6.07) is 2.66. The van der Waals surface area contributed by atoms with Crippen molar-refractivity contribution in [3.05, 3.63) is 33.4 Å². The van der Waals surface area contributed by atoms with Gasteiger partial charge in [-0.25, -0.2) is 4.79 Å². The van der Waals surface area contributed by atoms with Gasteiger partial charge in [0, 0.05) is 23.4 Å². The van der Waals surface area contributed by atoms with Gasteiger partial charge in [-0.1, -0.05) is 13.3 Å². The van der Waals surface area contributed by atoms with Crippen molar-refractivity contribution in [1.29, 1.82) is 0 Å². The Hall–Kier alpha value is -2.11. The third kappa shape index (κ3) is 3.67. The maximum absolute atomic E-state index is 11.0.